The summed E-state index contributed by atoms with van der Waals surface area (Å²) < 4.78 is 7.50. The van der Waals surface area contributed by atoms with E-state index in [1.54, 1.807) is 6.20 Å². The van der Waals surface area contributed by atoms with Crippen LogP contribution >= 0.6 is 0 Å². The second kappa shape index (κ2) is 14.7. The number of hydrogen-bond donors (Lipinski definition) is 1. The number of aromatic nitrogens is 2. The molecule has 0 aliphatic heterocycles. The van der Waals surface area contributed by atoms with E-state index < -0.39 is 0 Å². The maximum absolute atomic E-state index is 12.4. The fourth-order valence-corrected chi connectivity index (χ4v) is 2.30. The Morgan fingerprint density at radius 3 is 2.76 bits per heavy atom. The van der Waals surface area contributed by atoms with Crippen molar-refractivity contribution in [1.29, 1.82) is 0 Å². The average Bonchev–Trinajstić information content (AvgIpc) is 3.01. The van der Waals surface area contributed by atoms with Gasteiger partial charge in [0.1, 0.15) is 11.5 Å². The van der Waals surface area contributed by atoms with Crippen molar-refractivity contribution < 1.29 is 11.0 Å². The molecule has 0 aliphatic rings. The van der Waals surface area contributed by atoms with Gasteiger partial charge in [0, 0.05) is 20.9 Å². The number of nitrogens with zero attached hydrogens (tertiary/aromatic N) is 2. The summed E-state index contributed by atoms with van der Waals surface area (Å²) in [5.41, 5.74) is 0.644. The summed E-state index contributed by atoms with van der Waals surface area (Å²) in [4.78, 5) is 16.8. The van der Waals surface area contributed by atoms with Gasteiger partial charge >= 0.3 is 0 Å². The molecule has 0 radical (unpaired) electrons. The highest BCUT2D eigenvalue weighted by molar-refractivity contribution is 5.92. The number of aryl methyl sites for hydroxylation is 1. The lowest BCUT2D eigenvalue weighted by molar-refractivity contribution is 0.0743. The van der Waals surface area contributed by atoms with Gasteiger partial charge in [0.25, 0.3) is 5.91 Å². The zero-order valence-corrected chi connectivity index (χ0v) is 17.0. The van der Waals surface area contributed by atoms with E-state index in [0.29, 0.717) is 18.8 Å². The molecule has 1 aromatic rings. The van der Waals surface area contributed by atoms with Gasteiger partial charge in [-0.15, -0.1) is 0 Å². The standard InChI is InChI=1S/C18H31N3O2.C2H6.H2/c1-5-7-9-12-21-16(14-20-17(21)10-8-6-2)18(22)19-11-13-23-15(3)4;1-2;/h5,7,14-15H,6,8-13H2,1-4H3,(H,19,22);1-2H3;1H/b7-5-;;. The smallest absolute Gasteiger partial charge is 0.269 e. The van der Waals surface area contributed by atoms with E-state index in [4.69, 9.17) is 4.74 Å². The number of unbranched alkanes of at least 4 members (excludes halogenated alkanes) is 1. The molecule has 146 valence electrons. The molecule has 0 aromatic carbocycles. The van der Waals surface area contributed by atoms with Gasteiger partial charge in [0.05, 0.1) is 18.9 Å². The number of ether oxygens (including phenoxy) is 1. The Morgan fingerprint density at radius 1 is 1.44 bits per heavy atom. The third-order valence-electron chi connectivity index (χ3n) is 3.52. The van der Waals surface area contributed by atoms with Crippen LogP contribution in [0.25, 0.3) is 0 Å². The van der Waals surface area contributed by atoms with Gasteiger partial charge < -0.3 is 14.6 Å². The van der Waals surface area contributed by atoms with Crippen LogP contribution in [-0.2, 0) is 17.7 Å². The molecule has 0 unspecified atom stereocenters. The van der Waals surface area contributed by atoms with Crippen molar-refractivity contribution in [3.63, 3.8) is 0 Å². The Balaban J connectivity index is 0. The first-order chi connectivity index (χ1) is 12.1. The van der Waals surface area contributed by atoms with Crippen LogP contribution in [0.3, 0.4) is 0 Å². The summed E-state index contributed by atoms with van der Waals surface area (Å²) >= 11 is 0. The molecule has 0 saturated heterocycles. The molecule has 1 amide bonds. The largest absolute Gasteiger partial charge is 0.377 e. The SMILES string of the molecule is C/C=C\CCn1c(C(=O)NCCOC(C)C)cnc1CCCC.CC.[HH]. The van der Waals surface area contributed by atoms with Gasteiger partial charge in [0.15, 0.2) is 0 Å². The van der Waals surface area contributed by atoms with Crippen molar-refractivity contribution in [3.8, 4) is 0 Å². The van der Waals surface area contributed by atoms with Crippen LogP contribution in [0, 0.1) is 0 Å². The normalized spacial score (nSPS) is 10.8. The highest BCUT2D eigenvalue weighted by Crippen LogP contribution is 2.10. The minimum atomic E-state index is -0.0758. The third kappa shape index (κ3) is 9.44. The topological polar surface area (TPSA) is 56.2 Å². The number of carbonyl (C=O) groups excluding carboxylic acids is 1. The van der Waals surface area contributed by atoms with E-state index in [2.05, 4.69) is 23.3 Å². The maximum atomic E-state index is 12.4. The fraction of sp³-hybridized carbons (Fsp3) is 0.700. The van der Waals surface area contributed by atoms with Gasteiger partial charge in [-0.25, -0.2) is 4.98 Å². The van der Waals surface area contributed by atoms with E-state index >= 15 is 0 Å². The molecule has 0 spiro atoms. The van der Waals surface area contributed by atoms with Crippen LogP contribution in [0.5, 0.6) is 0 Å². The molecular formula is C20H39N3O2. The summed E-state index contributed by atoms with van der Waals surface area (Å²) in [6.07, 6.45) is 10.0. The Hall–Kier alpha value is -1.62. The van der Waals surface area contributed by atoms with E-state index in [0.717, 1.165) is 38.1 Å². The number of nitrogens with one attached hydrogen (secondary N) is 1. The number of amides is 1. The lowest BCUT2D eigenvalue weighted by Crippen LogP contribution is -2.30. The number of carbonyl (C=O) groups is 1. The molecule has 1 N–H and O–H groups in total. The van der Waals surface area contributed by atoms with Crippen LogP contribution in [0.4, 0.5) is 0 Å². The van der Waals surface area contributed by atoms with Gasteiger partial charge in [-0.3, -0.25) is 4.79 Å². The quantitative estimate of drug-likeness (QED) is 0.466. The monoisotopic (exact) mass is 353 g/mol. The number of hydrogen-bond acceptors (Lipinski definition) is 3. The van der Waals surface area contributed by atoms with Crippen LogP contribution in [0.1, 0.15) is 78.5 Å². The molecule has 1 rings (SSSR count). The molecule has 25 heavy (non-hydrogen) atoms. The van der Waals surface area contributed by atoms with Gasteiger partial charge in [-0.05, 0) is 33.6 Å². The highest BCUT2D eigenvalue weighted by Gasteiger charge is 2.15. The molecule has 0 fully saturated rings. The highest BCUT2D eigenvalue weighted by atomic mass is 16.5. The number of imidazole rings is 1. The molecule has 0 atom stereocenters. The Bertz CT molecular complexity index is 499. The zero-order valence-electron chi connectivity index (χ0n) is 17.0. The Morgan fingerprint density at radius 2 is 2.16 bits per heavy atom. The van der Waals surface area contributed by atoms with E-state index in [9.17, 15) is 4.79 Å². The van der Waals surface area contributed by atoms with Crippen molar-refractivity contribution in [1.82, 2.24) is 14.9 Å². The minimum Gasteiger partial charge on any atom is -0.377 e. The molecular weight excluding hydrogens is 314 g/mol. The molecule has 0 saturated carbocycles. The summed E-state index contributed by atoms with van der Waals surface area (Å²) in [7, 11) is 0. The number of allylic oxidation sites excluding steroid dienone is 2. The zero-order chi connectivity index (χ0) is 19.1. The summed E-state index contributed by atoms with van der Waals surface area (Å²) in [5, 5.41) is 2.91. The molecule has 0 bridgehead atoms. The summed E-state index contributed by atoms with van der Waals surface area (Å²) in [6.45, 7) is 14.0. The van der Waals surface area contributed by atoms with Crippen molar-refractivity contribution in [2.45, 2.75) is 79.9 Å². The maximum Gasteiger partial charge on any atom is 0.269 e. The lowest BCUT2D eigenvalue weighted by atomic mass is 10.2. The fourth-order valence-electron chi connectivity index (χ4n) is 2.30. The molecule has 5 heteroatoms. The van der Waals surface area contributed by atoms with Gasteiger partial charge in [-0.1, -0.05) is 39.3 Å². The van der Waals surface area contributed by atoms with Crippen LogP contribution in [0.2, 0.25) is 0 Å². The number of rotatable bonds is 11. The van der Waals surface area contributed by atoms with Crippen molar-refractivity contribution >= 4 is 5.91 Å². The Kier molecular flexibility index (Phi) is 13.7. The second-order valence-corrected chi connectivity index (χ2v) is 5.85. The molecule has 5 nitrogen and oxygen atoms in total. The van der Waals surface area contributed by atoms with Gasteiger partial charge in [-0.2, -0.15) is 0 Å². The molecule has 1 heterocycles. The average molecular weight is 354 g/mol. The first-order valence-electron chi connectivity index (χ1n) is 9.65. The second-order valence-electron chi connectivity index (χ2n) is 5.85. The van der Waals surface area contributed by atoms with Crippen LogP contribution in [-0.4, -0.2) is 34.7 Å². The van der Waals surface area contributed by atoms with Crippen molar-refractivity contribution in [2.24, 2.45) is 0 Å². The molecule has 1 aromatic heterocycles. The van der Waals surface area contributed by atoms with E-state index in [-0.39, 0.29) is 13.4 Å². The third-order valence-corrected chi connectivity index (χ3v) is 3.52. The lowest BCUT2D eigenvalue weighted by Gasteiger charge is -2.12. The summed E-state index contributed by atoms with van der Waals surface area (Å²) in [6, 6.07) is 0. The van der Waals surface area contributed by atoms with Crippen LogP contribution in [0.15, 0.2) is 18.3 Å². The molecule has 0 aliphatic carbocycles. The van der Waals surface area contributed by atoms with Crippen molar-refractivity contribution in [2.75, 3.05) is 13.2 Å². The first kappa shape index (κ1) is 23.4. The summed E-state index contributed by atoms with van der Waals surface area (Å²) in [5.74, 6) is 0.924. The predicted octanol–water partition coefficient (Wildman–Crippen LogP) is 4.62. The van der Waals surface area contributed by atoms with E-state index in [1.807, 2.05) is 45.3 Å². The van der Waals surface area contributed by atoms with Crippen molar-refractivity contribution in [3.05, 3.63) is 29.9 Å². The Labute approximate surface area is 155 Å². The first-order valence-corrected chi connectivity index (χ1v) is 9.65. The van der Waals surface area contributed by atoms with Crippen LogP contribution < -0.4 is 5.32 Å². The van der Waals surface area contributed by atoms with E-state index in [1.165, 1.54) is 0 Å². The van der Waals surface area contributed by atoms with Gasteiger partial charge in [0.2, 0.25) is 0 Å². The minimum absolute atomic E-state index is 0. The predicted molar refractivity (Wildman–Crippen MR) is 107 cm³/mol.